The topological polar surface area (TPSA) is 64.9 Å². The standard InChI is InChI=1S/C10H13N3OS.ClH/c1-7(11)5-10-12-9(13-14-10)6-8-3-2-4-15-8;/h2-4,7H,5-6,11H2,1H3;1H. The van der Waals surface area contributed by atoms with Crippen molar-refractivity contribution in [1.82, 2.24) is 10.1 Å². The Morgan fingerprint density at radius 1 is 1.56 bits per heavy atom. The molecule has 0 spiro atoms. The van der Waals surface area contributed by atoms with Gasteiger partial charge in [0, 0.05) is 23.8 Å². The van der Waals surface area contributed by atoms with E-state index in [4.69, 9.17) is 10.3 Å². The van der Waals surface area contributed by atoms with Crippen LogP contribution in [-0.4, -0.2) is 16.2 Å². The van der Waals surface area contributed by atoms with Crippen molar-refractivity contribution in [2.24, 2.45) is 5.73 Å². The van der Waals surface area contributed by atoms with Crippen molar-refractivity contribution in [3.05, 3.63) is 34.1 Å². The largest absolute Gasteiger partial charge is 0.339 e. The lowest BCUT2D eigenvalue weighted by Gasteiger charge is -1.96. The molecule has 0 radical (unpaired) electrons. The van der Waals surface area contributed by atoms with E-state index >= 15 is 0 Å². The van der Waals surface area contributed by atoms with E-state index in [1.165, 1.54) is 4.88 Å². The highest BCUT2D eigenvalue weighted by Crippen LogP contribution is 2.13. The summed E-state index contributed by atoms with van der Waals surface area (Å²) in [4.78, 5) is 5.51. The zero-order chi connectivity index (χ0) is 10.7. The Morgan fingerprint density at radius 2 is 2.38 bits per heavy atom. The molecule has 0 aliphatic heterocycles. The van der Waals surface area contributed by atoms with E-state index in [-0.39, 0.29) is 18.4 Å². The molecule has 0 bridgehead atoms. The van der Waals surface area contributed by atoms with Gasteiger partial charge in [0.15, 0.2) is 5.82 Å². The van der Waals surface area contributed by atoms with Gasteiger partial charge in [-0.15, -0.1) is 23.7 Å². The van der Waals surface area contributed by atoms with Gasteiger partial charge in [-0.1, -0.05) is 11.2 Å². The van der Waals surface area contributed by atoms with Gasteiger partial charge in [-0.3, -0.25) is 0 Å². The van der Waals surface area contributed by atoms with Gasteiger partial charge in [-0.05, 0) is 18.4 Å². The molecule has 0 aliphatic carbocycles. The van der Waals surface area contributed by atoms with Gasteiger partial charge in [-0.25, -0.2) is 0 Å². The third-order valence-corrected chi connectivity index (χ3v) is 2.80. The average Bonchev–Trinajstić information content (AvgIpc) is 2.77. The minimum absolute atomic E-state index is 0. The number of halogens is 1. The summed E-state index contributed by atoms with van der Waals surface area (Å²) in [5.41, 5.74) is 5.64. The summed E-state index contributed by atoms with van der Waals surface area (Å²) in [5.74, 6) is 1.35. The van der Waals surface area contributed by atoms with E-state index in [0.717, 1.165) is 12.2 Å². The van der Waals surface area contributed by atoms with Crippen molar-refractivity contribution < 1.29 is 4.52 Å². The van der Waals surface area contributed by atoms with E-state index in [9.17, 15) is 0 Å². The number of nitrogens with zero attached hydrogens (tertiary/aromatic N) is 2. The van der Waals surface area contributed by atoms with Gasteiger partial charge in [0.25, 0.3) is 0 Å². The zero-order valence-electron chi connectivity index (χ0n) is 8.92. The molecule has 0 aliphatic rings. The predicted molar refractivity (Wildman–Crippen MR) is 66.0 cm³/mol. The molecule has 2 aromatic heterocycles. The number of nitrogens with two attached hydrogens (primary N) is 1. The number of aromatic nitrogens is 2. The number of thiophene rings is 1. The summed E-state index contributed by atoms with van der Waals surface area (Å²) in [6.45, 7) is 1.92. The summed E-state index contributed by atoms with van der Waals surface area (Å²) >= 11 is 1.69. The molecule has 4 nitrogen and oxygen atoms in total. The minimum Gasteiger partial charge on any atom is -0.339 e. The van der Waals surface area contributed by atoms with Crippen LogP contribution in [0.2, 0.25) is 0 Å². The SMILES string of the molecule is CC(N)Cc1nc(Cc2cccs2)no1.Cl. The van der Waals surface area contributed by atoms with E-state index in [1.54, 1.807) is 11.3 Å². The second kappa shape index (κ2) is 5.98. The van der Waals surface area contributed by atoms with Crippen LogP contribution in [-0.2, 0) is 12.8 Å². The van der Waals surface area contributed by atoms with Crippen molar-refractivity contribution in [2.45, 2.75) is 25.8 Å². The highest BCUT2D eigenvalue weighted by Gasteiger charge is 2.08. The molecule has 2 N–H and O–H groups in total. The van der Waals surface area contributed by atoms with Gasteiger partial charge in [0.2, 0.25) is 5.89 Å². The lowest BCUT2D eigenvalue weighted by Crippen LogP contribution is -2.17. The van der Waals surface area contributed by atoms with Crippen LogP contribution >= 0.6 is 23.7 Å². The molecule has 88 valence electrons. The van der Waals surface area contributed by atoms with Crippen LogP contribution in [0.5, 0.6) is 0 Å². The van der Waals surface area contributed by atoms with Gasteiger partial charge in [0.1, 0.15) is 0 Å². The fourth-order valence-corrected chi connectivity index (χ4v) is 1.99. The fraction of sp³-hybridized carbons (Fsp3) is 0.400. The lowest BCUT2D eigenvalue weighted by atomic mass is 10.2. The highest BCUT2D eigenvalue weighted by molar-refractivity contribution is 7.09. The smallest absolute Gasteiger partial charge is 0.228 e. The molecule has 0 saturated heterocycles. The van der Waals surface area contributed by atoms with Crippen molar-refractivity contribution in [3.8, 4) is 0 Å². The van der Waals surface area contributed by atoms with Gasteiger partial charge in [-0.2, -0.15) is 4.98 Å². The van der Waals surface area contributed by atoms with E-state index in [0.29, 0.717) is 12.3 Å². The molecule has 16 heavy (non-hydrogen) atoms. The maximum atomic E-state index is 5.64. The molecule has 1 unspecified atom stereocenters. The van der Waals surface area contributed by atoms with Crippen molar-refractivity contribution >= 4 is 23.7 Å². The van der Waals surface area contributed by atoms with Crippen LogP contribution in [0.3, 0.4) is 0 Å². The maximum absolute atomic E-state index is 5.64. The third-order valence-electron chi connectivity index (χ3n) is 1.92. The molecule has 6 heteroatoms. The second-order valence-electron chi connectivity index (χ2n) is 3.54. The van der Waals surface area contributed by atoms with E-state index in [2.05, 4.69) is 16.2 Å². The summed E-state index contributed by atoms with van der Waals surface area (Å²) < 4.78 is 5.09. The molecule has 2 aromatic rings. The van der Waals surface area contributed by atoms with Crippen LogP contribution in [0.1, 0.15) is 23.5 Å². The van der Waals surface area contributed by atoms with Crippen LogP contribution < -0.4 is 5.73 Å². The monoisotopic (exact) mass is 259 g/mol. The first-order valence-corrected chi connectivity index (χ1v) is 5.71. The Hall–Kier alpha value is -0.910. The van der Waals surface area contributed by atoms with Gasteiger partial charge >= 0.3 is 0 Å². The molecule has 0 saturated carbocycles. The first kappa shape index (κ1) is 13.2. The number of hydrogen-bond donors (Lipinski definition) is 1. The minimum atomic E-state index is 0. The third kappa shape index (κ3) is 3.59. The number of rotatable bonds is 4. The van der Waals surface area contributed by atoms with E-state index in [1.807, 2.05) is 18.4 Å². The lowest BCUT2D eigenvalue weighted by molar-refractivity contribution is 0.367. The van der Waals surface area contributed by atoms with Crippen molar-refractivity contribution in [3.63, 3.8) is 0 Å². The maximum Gasteiger partial charge on any atom is 0.228 e. The quantitative estimate of drug-likeness (QED) is 0.913. The molecule has 2 rings (SSSR count). The molecule has 0 amide bonds. The molecule has 2 heterocycles. The molecule has 0 aromatic carbocycles. The zero-order valence-corrected chi connectivity index (χ0v) is 10.6. The molecule has 1 atom stereocenters. The van der Waals surface area contributed by atoms with E-state index < -0.39 is 0 Å². The van der Waals surface area contributed by atoms with Gasteiger partial charge < -0.3 is 10.3 Å². The summed E-state index contributed by atoms with van der Waals surface area (Å²) in [6.07, 6.45) is 1.37. The average molecular weight is 260 g/mol. The summed E-state index contributed by atoms with van der Waals surface area (Å²) in [6, 6.07) is 4.13. The van der Waals surface area contributed by atoms with Crippen molar-refractivity contribution in [1.29, 1.82) is 0 Å². The Labute approximate surface area is 104 Å². The Kier molecular flexibility index (Phi) is 4.92. The van der Waals surface area contributed by atoms with Crippen LogP contribution in [0, 0.1) is 0 Å². The summed E-state index contributed by atoms with van der Waals surface area (Å²) in [7, 11) is 0. The fourth-order valence-electron chi connectivity index (χ4n) is 1.29. The highest BCUT2D eigenvalue weighted by atomic mass is 35.5. The Balaban J connectivity index is 0.00000128. The van der Waals surface area contributed by atoms with Crippen LogP contribution in [0.25, 0.3) is 0 Å². The first-order chi connectivity index (χ1) is 7.24. The van der Waals surface area contributed by atoms with Crippen LogP contribution in [0.15, 0.2) is 22.0 Å². The second-order valence-corrected chi connectivity index (χ2v) is 4.57. The summed E-state index contributed by atoms with van der Waals surface area (Å²) in [5, 5.41) is 5.95. The van der Waals surface area contributed by atoms with Crippen LogP contribution in [0.4, 0.5) is 0 Å². The predicted octanol–water partition coefficient (Wildman–Crippen LogP) is 2.03. The molecular weight excluding hydrogens is 246 g/mol. The Bertz CT molecular complexity index is 413. The normalized spacial score (nSPS) is 12.1. The van der Waals surface area contributed by atoms with Crippen molar-refractivity contribution in [2.75, 3.05) is 0 Å². The number of hydrogen-bond acceptors (Lipinski definition) is 5. The molecular formula is C10H14ClN3OS. The first-order valence-electron chi connectivity index (χ1n) is 4.83. The van der Waals surface area contributed by atoms with Gasteiger partial charge in [0.05, 0.1) is 0 Å². The molecule has 0 fully saturated rings. The Morgan fingerprint density at radius 3 is 3.00 bits per heavy atom.